The normalized spacial score (nSPS) is 13.7. The average Bonchev–Trinajstić information content (AvgIpc) is 2.50. The largest absolute Gasteiger partial charge is 0.506 e. The molecule has 0 heterocycles. The SMILES string of the molecule is CCC(c1ccc(O)c(N)c1)C(CC)c1ccc(O)c(N)c1. The second-order valence-corrected chi connectivity index (χ2v) is 5.67. The zero-order chi connectivity index (χ0) is 16.3. The van der Waals surface area contributed by atoms with Crippen molar-refractivity contribution in [3.63, 3.8) is 0 Å². The van der Waals surface area contributed by atoms with Crippen LogP contribution >= 0.6 is 0 Å². The lowest BCUT2D eigenvalue weighted by atomic mass is 9.78. The molecule has 0 amide bonds. The highest BCUT2D eigenvalue weighted by atomic mass is 16.3. The lowest BCUT2D eigenvalue weighted by Crippen LogP contribution is -2.11. The van der Waals surface area contributed by atoms with Gasteiger partial charge in [-0.25, -0.2) is 0 Å². The third-order valence-corrected chi connectivity index (χ3v) is 4.32. The standard InChI is InChI=1S/C18H24N2O2/c1-3-13(11-5-7-17(21)15(19)9-11)14(4-2)12-6-8-18(22)16(20)10-12/h5-10,13-14,21-22H,3-4,19-20H2,1-2H3. The fraction of sp³-hybridized carbons (Fsp3) is 0.333. The van der Waals surface area contributed by atoms with Gasteiger partial charge >= 0.3 is 0 Å². The number of hydrogen-bond acceptors (Lipinski definition) is 4. The van der Waals surface area contributed by atoms with Crippen molar-refractivity contribution >= 4 is 11.4 Å². The number of phenols is 2. The Morgan fingerprint density at radius 1 is 0.773 bits per heavy atom. The summed E-state index contributed by atoms with van der Waals surface area (Å²) in [4.78, 5) is 0. The van der Waals surface area contributed by atoms with Gasteiger partial charge in [-0.05, 0) is 60.1 Å². The van der Waals surface area contributed by atoms with E-state index in [1.165, 1.54) is 0 Å². The molecule has 118 valence electrons. The highest BCUT2D eigenvalue weighted by Gasteiger charge is 2.23. The maximum atomic E-state index is 9.61. The van der Waals surface area contributed by atoms with Crippen LogP contribution in [0.4, 0.5) is 11.4 Å². The average molecular weight is 300 g/mol. The molecule has 0 bridgehead atoms. The smallest absolute Gasteiger partial charge is 0.138 e. The number of nitrogens with two attached hydrogens (primary N) is 2. The van der Waals surface area contributed by atoms with E-state index < -0.39 is 0 Å². The van der Waals surface area contributed by atoms with Gasteiger partial charge < -0.3 is 21.7 Å². The Morgan fingerprint density at radius 2 is 1.14 bits per heavy atom. The van der Waals surface area contributed by atoms with Crippen LogP contribution in [0.1, 0.15) is 49.7 Å². The van der Waals surface area contributed by atoms with E-state index in [9.17, 15) is 10.2 Å². The molecule has 0 spiro atoms. The third kappa shape index (κ3) is 3.11. The summed E-state index contributed by atoms with van der Waals surface area (Å²) in [6.07, 6.45) is 1.90. The lowest BCUT2D eigenvalue weighted by molar-refractivity contribution is 0.473. The first-order chi connectivity index (χ1) is 10.5. The van der Waals surface area contributed by atoms with Crippen LogP contribution in [0.3, 0.4) is 0 Å². The Labute approximate surface area is 131 Å². The predicted molar refractivity (Wildman–Crippen MR) is 91.1 cm³/mol. The minimum atomic E-state index is 0.112. The molecule has 0 aliphatic rings. The van der Waals surface area contributed by atoms with Crippen molar-refractivity contribution in [3.05, 3.63) is 47.5 Å². The first-order valence-electron chi connectivity index (χ1n) is 7.64. The van der Waals surface area contributed by atoms with Gasteiger partial charge in [-0.3, -0.25) is 0 Å². The quantitative estimate of drug-likeness (QED) is 0.497. The van der Waals surface area contributed by atoms with Gasteiger partial charge in [0.15, 0.2) is 0 Å². The van der Waals surface area contributed by atoms with Gasteiger partial charge in [-0.1, -0.05) is 26.0 Å². The van der Waals surface area contributed by atoms with Crippen LogP contribution in [0.25, 0.3) is 0 Å². The number of aromatic hydroxyl groups is 2. The van der Waals surface area contributed by atoms with Gasteiger partial charge in [0, 0.05) is 0 Å². The minimum Gasteiger partial charge on any atom is -0.506 e. The zero-order valence-corrected chi connectivity index (χ0v) is 13.1. The van der Waals surface area contributed by atoms with E-state index in [1.54, 1.807) is 12.1 Å². The molecule has 22 heavy (non-hydrogen) atoms. The van der Waals surface area contributed by atoms with Crippen LogP contribution in [0.2, 0.25) is 0 Å². The minimum absolute atomic E-state index is 0.112. The molecule has 2 aromatic rings. The molecule has 2 unspecified atom stereocenters. The van der Waals surface area contributed by atoms with E-state index >= 15 is 0 Å². The van der Waals surface area contributed by atoms with E-state index in [1.807, 2.05) is 24.3 Å². The van der Waals surface area contributed by atoms with Gasteiger partial charge in [-0.15, -0.1) is 0 Å². The summed E-state index contributed by atoms with van der Waals surface area (Å²) in [5.41, 5.74) is 14.7. The van der Waals surface area contributed by atoms with Gasteiger partial charge in [0.05, 0.1) is 11.4 Å². The van der Waals surface area contributed by atoms with Crippen molar-refractivity contribution in [3.8, 4) is 11.5 Å². The fourth-order valence-electron chi connectivity index (χ4n) is 3.11. The van der Waals surface area contributed by atoms with E-state index in [-0.39, 0.29) is 23.3 Å². The summed E-state index contributed by atoms with van der Waals surface area (Å²) in [5.74, 6) is 0.773. The number of hydrogen-bond donors (Lipinski definition) is 4. The summed E-state index contributed by atoms with van der Waals surface area (Å²) >= 11 is 0. The van der Waals surface area contributed by atoms with E-state index in [0.717, 1.165) is 24.0 Å². The molecule has 0 saturated heterocycles. The zero-order valence-electron chi connectivity index (χ0n) is 13.1. The first kappa shape index (κ1) is 16.0. The highest BCUT2D eigenvalue weighted by molar-refractivity contribution is 5.56. The topological polar surface area (TPSA) is 92.5 Å². The summed E-state index contributed by atoms with van der Waals surface area (Å²) in [7, 11) is 0. The molecular weight excluding hydrogens is 276 g/mol. The molecule has 0 fully saturated rings. The molecule has 2 atom stereocenters. The molecule has 0 radical (unpaired) electrons. The monoisotopic (exact) mass is 300 g/mol. The van der Waals surface area contributed by atoms with Crippen LogP contribution < -0.4 is 11.5 Å². The van der Waals surface area contributed by atoms with E-state index in [4.69, 9.17) is 11.5 Å². The molecule has 0 aromatic heterocycles. The summed E-state index contributed by atoms with van der Waals surface area (Å²) < 4.78 is 0. The fourth-order valence-corrected chi connectivity index (χ4v) is 3.11. The molecule has 0 aliphatic carbocycles. The molecule has 2 rings (SSSR count). The van der Waals surface area contributed by atoms with Crippen LogP contribution in [-0.2, 0) is 0 Å². The van der Waals surface area contributed by atoms with Crippen molar-refractivity contribution in [1.29, 1.82) is 0 Å². The van der Waals surface area contributed by atoms with Crippen molar-refractivity contribution in [2.45, 2.75) is 38.5 Å². The van der Waals surface area contributed by atoms with Gasteiger partial charge in [0.1, 0.15) is 11.5 Å². The maximum Gasteiger partial charge on any atom is 0.138 e. The van der Waals surface area contributed by atoms with Crippen molar-refractivity contribution in [2.75, 3.05) is 11.5 Å². The van der Waals surface area contributed by atoms with Crippen LogP contribution in [0, 0.1) is 0 Å². The van der Waals surface area contributed by atoms with Gasteiger partial charge in [0.2, 0.25) is 0 Å². The molecule has 2 aromatic carbocycles. The lowest BCUT2D eigenvalue weighted by Gasteiger charge is -2.27. The number of anilines is 2. The Kier molecular flexibility index (Phi) is 4.81. The van der Waals surface area contributed by atoms with Crippen LogP contribution in [-0.4, -0.2) is 10.2 Å². The molecule has 0 saturated carbocycles. The van der Waals surface area contributed by atoms with Crippen LogP contribution in [0.5, 0.6) is 11.5 Å². The van der Waals surface area contributed by atoms with Gasteiger partial charge in [-0.2, -0.15) is 0 Å². The number of benzene rings is 2. The van der Waals surface area contributed by atoms with Crippen molar-refractivity contribution < 1.29 is 10.2 Å². The predicted octanol–water partition coefficient (Wildman–Crippen LogP) is 3.95. The molecule has 6 N–H and O–H groups in total. The first-order valence-corrected chi connectivity index (χ1v) is 7.64. The van der Waals surface area contributed by atoms with Crippen molar-refractivity contribution in [1.82, 2.24) is 0 Å². The number of nitrogen functional groups attached to an aromatic ring is 2. The Bertz CT molecular complexity index is 598. The van der Waals surface area contributed by atoms with Crippen LogP contribution in [0.15, 0.2) is 36.4 Å². The number of phenolic OH excluding ortho intramolecular Hbond substituents is 2. The highest BCUT2D eigenvalue weighted by Crippen LogP contribution is 2.40. The maximum absolute atomic E-state index is 9.61. The second kappa shape index (κ2) is 6.60. The summed E-state index contributed by atoms with van der Waals surface area (Å²) in [6, 6.07) is 10.8. The Morgan fingerprint density at radius 3 is 1.41 bits per heavy atom. The molecule has 0 aliphatic heterocycles. The second-order valence-electron chi connectivity index (χ2n) is 5.67. The molecular formula is C18H24N2O2. The Hall–Kier alpha value is -2.36. The van der Waals surface area contributed by atoms with Gasteiger partial charge in [0.25, 0.3) is 0 Å². The molecule has 4 nitrogen and oxygen atoms in total. The van der Waals surface area contributed by atoms with Crippen molar-refractivity contribution in [2.24, 2.45) is 0 Å². The molecule has 4 heteroatoms. The summed E-state index contributed by atoms with van der Waals surface area (Å²) in [5, 5.41) is 19.2. The van der Waals surface area contributed by atoms with E-state index in [2.05, 4.69) is 13.8 Å². The number of rotatable bonds is 5. The Balaban J connectivity index is 2.41. The van der Waals surface area contributed by atoms with E-state index in [0.29, 0.717) is 11.4 Å². The third-order valence-electron chi connectivity index (χ3n) is 4.32. The summed E-state index contributed by atoms with van der Waals surface area (Å²) in [6.45, 7) is 4.28.